The van der Waals surface area contributed by atoms with Crippen molar-refractivity contribution in [1.29, 1.82) is 0 Å². The fourth-order valence-electron chi connectivity index (χ4n) is 2.93. The summed E-state index contributed by atoms with van der Waals surface area (Å²) in [6, 6.07) is 19.3. The summed E-state index contributed by atoms with van der Waals surface area (Å²) in [7, 11) is 0. The molecule has 0 atom stereocenters. The van der Waals surface area contributed by atoms with Crippen molar-refractivity contribution in [3.8, 4) is 5.75 Å². The second-order valence-electron chi connectivity index (χ2n) is 6.79. The van der Waals surface area contributed by atoms with Gasteiger partial charge in [-0.2, -0.15) is 0 Å². The molecule has 2 amide bonds. The molecule has 0 aliphatic rings. The second kappa shape index (κ2) is 8.48. The van der Waals surface area contributed by atoms with Gasteiger partial charge in [-0.25, -0.2) is 4.98 Å². The fourth-order valence-corrected chi connectivity index (χ4v) is 2.93. The fraction of sp³-hybridized carbons (Fsp3) is 0.0870. The van der Waals surface area contributed by atoms with Gasteiger partial charge in [0.05, 0.1) is 5.69 Å². The third kappa shape index (κ3) is 4.47. The van der Waals surface area contributed by atoms with Gasteiger partial charge in [0.25, 0.3) is 11.8 Å². The van der Waals surface area contributed by atoms with Gasteiger partial charge in [-0.1, -0.05) is 24.3 Å². The Morgan fingerprint density at radius 3 is 2.23 bits per heavy atom. The number of nitrogens with zero attached hydrogens (tertiary/aromatic N) is 2. The molecule has 0 saturated carbocycles. The summed E-state index contributed by atoms with van der Waals surface area (Å²) in [5, 5.41) is 0. The standard InChI is InChI=1S/C23H20N4O3/c1-16-7-12-21-24-19(14-27(21)13-16)15-30-20-10-8-18(9-11-20)23(29)26-25-22(28)17-5-3-2-4-6-17/h2-14H,15H2,1H3,(H,25,28)(H,26,29). The molecule has 0 bridgehead atoms. The number of imidazole rings is 1. The first-order valence-electron chi connectivity index (χ1n) is 9.41. The number of aryl methyl sites for hydroxylation is 1. The molecule has 7 heteroatoms. The van der Waals surface area contributed by atoms with Gasteiger partial charge in [0.15, 0.2) is 0 Å². The molecule has 0 unspecified atom stereocenters. The van der Waals surface area contributed by atoms with Crippen molar-refractivity contribution in [1.82, 2.24) is 20.2 Å². The normalized spacial score (nSPS) is 10.6. The number of fused-ring (bicyclic) bond motifs is 1. The maximum absolute atomic E-state index is 12.2. The quantitative estimate of drug-likeness (QED) is 0.504. The molecule has 7 nitrogen and oxygen atoms in total. The summed E-state index contributed by atoms with van der Waals surface area (Å²) >= 11 is 0. The van der Waals surface area contributed by atoms with Crippen LogP contribution in [0.1, 0.15) is 32.0 Å². The number of benzene rings is 2. The van der Waals surface area contributed by atoms with Crippen LogP contribution in [0.5, 0.6) is 5.75 Å². The average molecular weight is 400 g/mol. The Bertz CT molecular complexity index is 1180. The van der Waals surface area contributed by atoms with Crippen molar-refractivity contribution in [3.63, 3.8) is 0 Å². The zero-order chi connectivity index (χ0) is 20.9. The van der Waals surface area contributed by atoms with Gasteiger partial charge in [-0.15, -0.1) is 0 Å². The number of pyridine rings is 1. The molecular formula is C23H20N4O3. The van der Waals surface area contributed by atoms with Crippen LogP contribution in [0.25, 0.3) is 5.65 Å². The van der Waals surface area contributed by atoms with Crippen LogP contribution in [0.15, 0.2) is 79.1 Å². The van der Waals surface area contributed by atoms with E-state index in [0.717, 1.165) is 16.9 Å². The minimum Gasteiger partial charge on any atom is -0.487 e. The number of hydrogen-bond donors (Lipinski definition) is 2. The van der Waals surface area contributed by atoms with E-state index in [0.29, 0.717) is 23.5 Å². The summed E-state index contributed by atoms with van der Waals surface area (Å²) in [5.41, 5.74) is 8.49. The van der Waals surface area contributed by atoms with Gasteiger partial charge < -0.3 is 9.14 Å². The lowest BCUT2D eigenvalue weighted by Crippen LogP contribution is -2.41. The summed E-state index contributed by atoms with van der Waals surface area (Å²) in [6.07, 6.45) is 3.94. The highest BCUT2D eigenvalue weighted by atomic mass is 16.5. The van der Waals surface area contributed by atoms with Crippen molar-refractivity contribution in [2.24, 2.45) is 0 Å². The third-order valence-electron chi connectivity index (χ3n) is 4.48. The molecule has 4 aromatic rings. The van der Waals surface area contributed by atoms with Crippen LogP contribution < -0.4 is 15.6 Å². The van der Waals surface area contributed by atoms with Crippen molar-refractivity contribution >= 4 is 17.5 Å². The molecule has 0 aliphatic carbocycles. The van der Waals surface area contributed by atoms with Crippen LogP contribution in [0.4, 0.5) is 0 Å². The van der Waals surface area contributed by atoms with E-state index in [4.69, 9.17) is 4.74 Å². The van der Waals surface area contributed by atoms with Crippen molar-refractivity contribution in [3.05, 3.63) is 102 Å². The van der Waals surface area contributed by atoms with E-state index >= 15 is 0 Å². The number of carbonyl (C=O) groups is 2. The molecule has 0 fully saturated rings. The maximum atomic E-state index is 12.2. The van der Waals surface area contributed by atoms with E-state index in [9.17, 15) is 9.59 Å². The molecule has 2 heterocycles. The maximum Gasteiger partial charge on any atom is 0.269 e. The van der Waals surface area contributed by atoms with E-state index in [1.54, 1.807) is 48.5 Å². The Morgan fingerprint density at radius 1 is 0.867 bits per heavy atom. The molecule has 150 valence electrons. The number of rotatable bonds is 5. The highest BCUT2D eigenvalue weighted by molar-refractivity contribution is 5.99. The Kier molecular flexibility index (Phi) is 5.43. The lowest BCUT2D eigenvalue weighted by atomic mass is 10.2. The molecule has 0 saturated heterocycles. The van der Waals surface area contributed by atoms with Crippen LogP contribution >= 0.6 is 0 Å². The van der Waals surface area contributed by atoms with Gasteiger partial charge >= 0.3 is 0 Å². The first-order valence-corrected chi connectivity index (χ1v) is 9.41. The molecule has 0 spiro atoms. The zero-order valence-electron chi connectivity index (χ0n) is 16.3. The van der Waals surface area contributed by atoms with Crippen molar-refractivity contribution in [2.75, 3.05) is 0 Å². The topological polar surface area (TPSA) is 84.7 Å². The smallest absolute Gasteiger partial charge is 0.269 e. The first-order chi connectivity index (χ1) is 14.6. The minimum absolute atomic E-state index is 0.319. The summed E-state index contributed by atoms with van der Waals surface area (Å²) in [5.74, 6) is -0.179. The Balaban J connectivity index is 1.31. The van der Waals surface area contributed by atoms with E-state index in [1.807, 2.05) is 41.9 Å². The van der Waals surface area contributed by atoms with E-state index in [1.165, 1.54) is 0 Å². The van der Waals surface area contributed by atoms with Gasteiger partial charge in [0.2, 0.25) is 0 Å². The molecular weight excluding hydrogens is 380 g/mol. The molecule has 0 radical (unpaired) electrons. The summed E-state index contributed by atoms with van der Waals surface area (Å²) in [4.78, 5) is 28.7. The Morgan fingerprint density at radius 2 is 1.53 bits per heavy atom. The first kappa shape index (κ1) is 19.2. The summed E-state index contributed by atoms with van der Waals surface area (Å²) < 4.78 is 7.73. The Labute approximate surface area is 173 Å². The molecule has 30 heavy (non-hydrogen) atoms. The van der Waals surface area contributed by atoms with E-state index in [2.05, 4.69) is 15.8 Å². The van der Waals surface area contributed by atoms with Crippen LogP contribution in [0.2, 0.25) is 0 Å². The largest absolute Gasteiger partial charge is 0.487 e. The number of amides is 2. The lowest BCUT2D eigenvalue weighted by Gasteiger charge is -2.08. The minimum atomic E-state index is -0.415. The SMILES string of the molecule is Cc1ccc2nc(COc3ccc(C(=O)NNC(=O)c4ccccc4)cc3)cn2c1. The van der Waals surface area contributed by atoms with Crippen LogP contribution in [-0.2, 0) is 6.61 Å². The third-order valence-corrected chi connectivity index (χ3v) is 4.48. The number of carbonyl (C=O) groups excluding carboxylic acids is 2. The summed E-state index contributed by atoms with van der Waals surface area (Å²) in [6.45, 7) is 2.35. The van der Waals surface area contributed by atoms with Gasteiger partial charge in [0, 0.05) is 23.5 Å². The van der Waals surface area contributed by atoms with Gasteiger partial charge in [-0.3, -0.25) is 20.4 Å². The lowest BCUT2D eigenvalue weighted by molar-refractivity contribution is 0.0846. The molecule has 2 aromatic heterocycles. The van der Waals surface area contributed by atoms with E-state index in [-0.39, 0.29) is 5.91 Å². The number of hydrazine groups is 1. The number of hydrogen-bond acceptors (Lipinski definition) is 4. The van der Waals surface area contributed by atoms with Gasteiger partial charge in [0.1, 0.15) is 18.0 Å². The number of aromatic nitrogens is 2. The molecule has 4 rings (SSSR count). The van der Waals surface area contributed by atoms with Crippen LogP contribution in [0.3, 0.4) is 0 Å². The second-order valence-corrected chi connectivity index (χ2v) is 6.79. The van der Waals surface area contributed by atoms with E-state index < -0.39 is 5.91 Å². The monoisotopic (exact) mass is 400 g/mol. The Hall–Kier alpha value is -4.13. The predicted molar refractivity (Wildman–Crippen MR) is 112 cm³/mol. The highest BCUT2D eigenvalue weighted by Gasteiger charge is 2.09. The number of nitrogens with one attached hydrogen (secondary N) is 2. The van der Waals surface area contributed by atoms with Crippen LogP contribution in [-0.4, -0.2) is 21.2 Å². The molecule has 0 aliphatic heterocycles. The molecule has 2 aromatic carbocycles. The highest BCUT2D eigenvalue weighted by Crippen LogP contribution is 2.15. The van der Waals surface area contributed by atoms with Crippen molar-refractivity contribution < 1.29 is 14.3 Å². The average Bonchev–Trinajstić information content (AvgIpc) is 3.18. The van der Waals surface area contributed by atoms with Crippen LogP contribution in [0, 0.1) is 6.92 Å². The molecule has 2 N–H and O–H groups in total. The van der Waals surface area contributed by atoms with Crippen molar-refractivity contribution in [2.45, 2.75) is 13.5 Å². The number of ether oxygens (including phenoxy) is 1. The zero-order valence-corrected chi connectivity index (χ0v) is 16.3. The van der Waals surface area contributed by atoms with Gasteiger partial charge in [-0.05, 0) is 55.0 Å². The predicted octanol–water partition coefficient (Wildman–Crippen LogP) is 3.30.